The Balaban J connectivity index is 0.000000758. The van der Waals surface area contributed by atoms with Gasteiger partial charge in [0, 0.05) is 42.0 Å². The molecular formula is C33H32N4O3. The summed E-state index contributed by atoms with van der Waals surface area (Å²) in [6.07, 6.45) is 2.64. The highest BCUT2D eigenvalue weighted by atomic mass is 16.4. The van der Waals surface area contributed by atoms with Crippen LogP contribution in [0.5, 0.6) is 0 Å². The molecule has 0 aliphatic rings. The number of aryl methyl sites for hydroxylation is 1. The molecule has 0 saturated carbocycles. The zero-order valence-electron chi connectivity index (χ0n) is 22.4. The molecule has 6 aromatic rings. The van der Waals surface area contributed by atoms with Gasteiger partial charge in [-0.1, -0.05) is 72.8 Å². The van der Waals surface area contributed by atoms with Crippen LogP contribution in [0.25, 0.3) is 44.0 Å². The number of nitrogens with zero attached hydrogens (tertiary/aromatic N) is 2. The minimum absolute atomic E-state index is 0.169. The molecule has 0 radical (unpaired) electrons. The number of aromatic amines is 1. The Morgan fingerprint density at radius 3 is 2.30 bits per heavy atom. The summed E-state index contributed by atoms with van der Waals surface area (Å²) in [7, 11) is 0. The fourth-order valence-electron chi connectivity index (χ4n) is 5.21. The maximum atomic E-state index is 13.5. The van der Waals surface area contributed by atoms with Crippen molar-refractivity contribution in [2.75, 3.05) is 6.54 Å². The second-order valence-electron chi connectivity index (χ2n) is 9.80. The number of aromatic nitrogens is 3. The number of carbonyl (C=O) groups is 1. The van der Waals surface area contributed by atoms with Crippen LogP contribution in [0.1, 0.15) is 31.0 Å². The van der Waals surface area contributed by atoms with Crippen molar-refractivity contribution >= 4 is 38.7 Å². The van der Waals surface area contributed by atoms with E-state index >= 15 is 0 Å². The van der Waals surface area contributed by atoms with E-state index in [4.69, 9.17) is 20.6 Å². The number of para-hydroxylation sites is 1. The van der Waals surface area contributed by atoms with Gasteiger partial charge < -0.3 is 20.4 Å². The highest BCUT2D eigenvalue weighted by Crippen LogP contribution is 2.35. The van der Waals surface area contributed by atoms with Gasteiger partial charge in [0.1, 0.15) is 5.69 Å². The fraction of sp³-hybridized carbons (Fsp3) is 0.182. The van der Waals surface area contributed by atoms with Crippen molar-refractivity contribution in [2.24, 2.45) is 5.73 Å². The number of fused-ring (bicyclic) bond motifs is 3. The molecule has 0 atom stereocenters. The second-order valence-corrected chi connectivity index (χ2v) is 9.80. The van der Waals surface area contributed by atoms with Crippen LogP contribution in [0, 0.1) is 0 Å². The molecule has 0 spiro atoms. The van der Waals surface area contributed by atoms with Crippen molar-refractivity contribution in [3.05, 3.63) is 113 Å². The first-order valence-corrected chi connectivity index (χ1v) is 13.4. The quantitative estimate of drug-likeness (QED) is 0.169. The van der Waals surface area contributed by atoms with E-state index in [0.717, 1.165) is 70.3 Å². The third kappa shape index (κ3) is 5.65. The first-order chi connectivity index (χ1) is 19.5. The Kier molecular flexibility index (Phi) is 8.03. The van der Waals surface area contributed by atoms with Gasteiger partial charge in [0.05, 0.1) is 11.0 Å². The monoisotopic (exact) mass is 532 g/mol. The Morgan fingerprint density at radius 2 is 1.57 bits per heavy atom. The van der Waals surface area contributed by atoms with Crippen LogP contribution in [-0.4, -0.2) is 32.2 Å². The molecule has 4 N–H and O–H groups in total. The lowest BCUT2D eigenvalue weighted by Crippen LogP contribution is -2.13. The number of H-pyrrole nitrogens is 1. The van der Waals surface area contributed by atoms with E-state index in [9.17, 15) is 4.79 Å². The normalized spacial score (nSPS) is 11.1. The maximum absolute atomic E-state index is 13.5. The summed E-state index contributed by atoms with van der Waals surface area (Å²) in [6, 6.07) is 31.0. The maximum Gasteiger partial charge on any atom is 0.300 e. The summed E-state index contributed by atoms with van der Waals surface area (Å²) in [5, 5.41) is 10.6. The molecule has 0 aliphatic carbocycles. The number of benzene rings is 4. The molecule has 0 bridgehead atoms. The van der Waals surface area contributed by atoms with Gasteiger partial charge >= 0.3 is 0 Å². The summed E-state index contributed by atoms with van der Waals surface area (Å²) in [5.41, 5.74) is 12.0. The number of unbranched alkanes of at least 4 members (excludes halogenated alkanes) is 1. The molecule has 0 saturated heterocycles. The van der Waals surface area contributed by atoms with Crippen LogP contribution in [0.2, 0.25) is 0 Å². The lowest BCUT2D eigenvalue weighted by molar-refractivity contribution is -0.134. The van der Waals surface area contributed by atoms with Gasteiger partial charge in [-0.25, -0.2) is 4.98 Å². The number of nitrogens with two attached hydrogens (primary N) is 1. The van der Waals surface area contributed by atoms with Crippen LogP contribution in [-0.2, 0) is 17.8 Å². The number of aliphatic carboxylic acids is 1. The van der Waals surface area contributed by atoms with Crippen LogP contribution < -0.4 is 11.3 Å². The van der Waals surface area contributed by atoms with Gasteiger partial charge in [-0.15, -0.1) is 0 Å². The van der Waals surface area contributed by atoms with Crippen molar-refractivity contribution in [3.63, 3.8) is 0 Å². The zero-order valence-corrected chi connectivity index (χ0v) is 22.4. The first kappa shape index (κ1) is 26.8. The van der Waals surface area contributed by atoms with Crippen molar-refractivity contribution in [1.82, 2.24) is 14.5 Å². The number of carboxylic acids is 1. The molecule has 0 unspecified atom stereocenters. The van der Waals surface area contributed by atoms with E-state index in [1.54, 1.807) is 0 Å². The number of hydrogen-bond acceptors (Lipinski definition) is 4. The van der Waals surface area contributed by atoms with Gasteiger partial charge in [0.25, 0.3) is 11.5 Å². The Labute approximate surface area is 231 Å². The van der Waals surface area contributed by atoms with Gasteiger partial charge in [-0.05, 0) is 53.9 Å². The van der Waals surface area contributed by atoms with E-state index in [2.05, 4.69) is 64.1 Å². The molecular weight excluding hydrogens is 500 g/mol. The van der Waals surface area contributed by atoms with E-state index in [1.807, 2.05) is 36.4 Å². The molecule has 0 aliphatic heterocycles. The topological polar surface area (TPSA) is 114 Å². The fourth-order valence-corrected chi connectivity index (χ4v) is 5.21. The number of carboxylic acid groups (broad SMARTS) is 1. The average molecular weight is 533 g/mol. The van der Waals surface area contributed by atoms with Crippen LogP contribution in [0.4, 0.5) is 0 Å². The van der Waals surface area contributed by atoms with E-state index < -0.39 is 5.97 Å². The highest BCUT2D eigenvalue weighted by Gasteiger charge is 2.22. The molecule has 202 valence electrons. The van der Waals surface area contributed by atoms with Crippen LogP contribution >= 0.6 is 0 Å². The largest absolute Gasteiger partial charge is 0.481 e. The van der Waals surface area contributed by atoms with Crippen molar-refractivity contribution < 1.29 is 9.90 Å². The number of rotatable bonds is 7. The summed E-state index contributed by atoms with van der Waals surface area (Å²) < 4.78 is 2.36. The summed E-state index contributed by atoms with van der Waals surface area (Å²) >= 11 is 0. The zero-order chi connectivity index (χ0) is 28.1. The Morgan fingerprint density at radius 1 is 0.925 bits per heavy atom. The Hall–Kier alpha value is -4.75. The standard InChI is InChI=1S/C31H28N4O.C2H4O2/c32-16-8-9-17-35-27-15-7-6-14-24(27)29(28(35)18-21-10-2-1-3-11-21)30-31(36)34-26-20-23-13-5-4-12-22(23)19-25(26)33-30;1-2(3)4/h1-7,10-15,19-20H,8-9,16-18,32H2,(H,34,36);1H3,(H,3,4). The minimum Gasteiger partial charge on any atom is -0.481 e. The molecule has 40 heavy (non-hydrogen) atoms. The summed E-state index contributed by atoms with van der Waals surface area (Å²) in [5.74, 6) is -0.833. The smallest absolute Gasteiger partial charge is 0.300 e. The molecule has 0 fully saturated rings. The lowest BCUT2D eigenvalue weighted by atomic mass is 10.0. The third-order valence-corrected chi connectivity index (χ3v) is 6.93. The third-order valence-electron chi connectivity index (χ3n) is 6.93. The molecule has 4 aromatic carbocycles. The first-order valence-electron chi connectivity index (χ1n) is 13.4. The predicted molar refractivity (Wildman–Crippen MR) is 162 cm³/mol. The summed E-state index contributed by atoms with van der Waals surface area (Å²) in [6.45, 7) is 2.59. The van der Waals surface area contributed by atoms with E-state index in [-0.39, 0.29) is 5.56 Å². The molecule has 7 heteroatoms. The summed E-state index contributed by atoms with van der Waals surface area (Å²) in [4.78, 5) is 30.6. The van der Waals surface area contributed by atoms with Crippen molar-refractivity contribution in [3.8, 4) is 11.3 Å². The number of nitrogens with one attached hydrogen (secondary N) is 1. The van der Waals surface area contributed by atoms with Crippen molar-refractivity contribution in [1.29, 1.82) is 0 Å². The SMILES string of the molecule is CC(=O)O.NCCCCn1c(Cc2ccccc2)c(-c2nc3cc4ccccc4cc3[nH]c2=O)c2ccccc21. The van der Waals surface area contributed by atoms with Gasteiger partial charge in [0.15, 0.2) is 0 Å². The van der Waals surface area contributed by atoms with E-state index in [1.165, 1.54) is 5.56 Å². The molecule has 7 nitrogen and oxygen atoms in total. The lowest BCUT2D eigenvalue weighted by Gasteiger charge is -2.13. The molecule has 6 rings (SSSR count). The van der Waals surface area contributed by atoms with E-state index in [0.29, 0.717) is 18.7 Å². The highest BCUT2D eigenvalue weighted by molar-refractivity contribution is 5.99. The Bertz CT molecular complexity index is 1850. The predicted octanol–water partition coefficient (Wildman–Crippen LogP) is 6.12. The molecule has 2 heterocycles. The van der Waals surface area contributed by atoms with Crippen molar-refractivity contribution in [2.45, 2.75) is 32.7 Å². The van der Waals surface area contributed by atoms with Gasteiger partial charge in [-0.3, -0.25) is 9.59 Å². The van der Waals surface area contributed by atoms with Crippen LogP contribution in [0.15, 0.2) is 95.8 Å². The van der Waals surface area contributed by atoms with Gasteiger partial charge in [0.2, 0.25) is 0 Å². The second kappa shape index (κ2) is 12.0. The van der Waals surface area contributed by atoms with Gasteiger partial charge in [-0.2, -0.15) is 0 Å². The molecule has 0 amide bonds. The average Bonchev–Trinajstić information content (AvgIpc) is 3.24. The number of hydrogen-bond donors (Lipinski definition) is 3. The molecule has 2 aromatic heterocycles. The minimum atomic E-state index is -0.833. The van der Waals surface area contributed by atoms with Crippen LogP contribution in [0.3, 0.4) is 0 Å².